The van der Waals surface area contributed by atoms with Gasteiger partial charge in [-0.2, -0.15) is 0 Å². The lowest BCUT2D eigenvalue weighted by molar-refractivity contribution is 0.571. The van der Waals surface area contributed by atoms with Crippen LogP contribution in [0.1, 0.15) is 50.9 Å². The van der Waals surface area contributed by atoms with Crippen molar-refractivity contribution in [3.8, 4) is 0 Å². The Morgan fingerprint density at radius 3 is 2.35 bits per heavy atom. The molecular weight excluding hydrogens is 244 g/mol. The van der Waals surface area contributed by atoms with Gasteiger partial charge in [0.05, 0.1) is 5.52 Å². The molecule has 1 aromatic heterocycles. The van der Waals surface area contributed by atoms with Crippen LogP contribution in [-0.4, -0.2) is 11.5 Å². The van der Waals surface area contributed by atoms with Crippen LogP contribution in [-0.2, 0) is 5.41 Å². The van der Waals surface area contributed by atoms with Crippen LogP contribution < -0.4 is 5.32 Å². The van der Waals surface area contributed by atoms with Crippen molar-refractivity contribution in [1.82, 2.24) is 4.98 Å². The van der Waals surface area contributed by atoms with Gasteiger partial charge in [-0.3, -0.25) is 4.98 Å². The Bertz CT molecular complexity index is 621. The summed E-state index contributed by atoms with van der Waals surface area (Å²) in [5.74, 6) is 0. The molecule has 0 spiro atoms. The number of rotatable bonds is 3. The number of hydrogen-bond acceptors (Lipinski definition) is 2. The summed E-state index contributed by atoms with van der Waals surface area (Å²) < 4.78 is 0. The van der Waals surface area contributed by atoms with E-state index in [1.54, 1.807) is 0 Å². The van der Waals surface area contributed by atoms with Gasteiger partial charge in [0.15, 0.2) is 0 Å². The van der Waals surface area contributed by atoms with Crippen molar-refractivity contribution in [3.63, 3.8) is 0 Å². The summed E-state index contributed by atoms with van der Waals surface area (Å²) >= 11 is 0. The molecule has 1 heterocycles. The molecule has 0 saturated carbocycles. The van der Waals surface area contributed by atoms with Crippen LogP contribution in [0.2, 0.25) is 0 Å². The summed E-state index contributed by atoms with van der Waals surface area (Å²) in [4.78, 5) is 4.94. The monoisotopic (exact) mass is 270 g/mol. The molecule has 0 fully saturated rings. The van der Waals surface area contributed by atoms with Crippen LogP contribution in [0.3, 0.4) is 0 Å². The number of aryl methyl sites for hydroxylation is 2. The Balaban J connectivity index is 2.74. The smallest absolute Gasteiger partial charge is 0.0758 e. The van der Waals surface area contributed by atoms with Crippen LogP contribution in [0.25, 0.3) is 10.9 Å². The van der Waals surface area contributed by atoms with Crippen molar-refractivity contribution in [1.29, 1.82) is 0 Å². The summed E-state index contributed by atoms with van der Waals surface area (Å²) in [6, 6.07) is 6.58. The van der Waals surface area contributed by atoms with Crippen molar-refractivity contribution in [2.45, 2.75) is 53.4 Å². The van der Waals surface area contributed by atoms with Gasteiger partial charge in [-0.15, -0.1) is 0 Å². The highest BCUT2D eigenvalue weighted by atomic mass is 14.9. The van der Waals surface area contributed by atoms with E-state index in [1.807, 2.05) is 0 Å². The van der Waals surface area contributed by atoms with E-state index in [1.165, 1.54) is 22.2 Å². The van der Waals surface area contributed by atoms with Crippen molar-refractivity contribution in [2.24, 2.45) is 0 Å². The predicted molar refractivity (Wildman–Crippen MR) is 88.7 cm³/mol. The molecule has 0 aliphatic rings. The normalized spacial score (nSPS) is 11.9. The van der Waals surface area contributed by atoms with E-state index in [4.69, 9.17) is 4.98 Å². The zero-order valence-electron chi connectivity index (χ0n) is 13.6. The predicted octanol–water partition coefficient (Wildman–Crippen LogP) is 4.97. The highest BCUT2D eigenvalue weighted by Gasteiger charge is 2.19. The topological polar surface area (TPSA) is 24.9 Å². The first-order valence-corrected chi connectivity index (χ1v) is 7.50. The number of hydrogen-bond donors (Lipinski definition) is 1. The highest BCUT2D eigenvalue weighted by molar-refractivity contribution is 5.96. The molecule has 0 aliphatic heterocycles. The molecule has 0 unspecified atom stereocenters. The molecular formula is C18H26N2. The second kappa shape index (κ2) is 5.43. The fourth-order valence-electron chi connectivity index (χ4n) is 2.43. The Morgan fingerprint density at radius 1 is 1.10 bits per heavy atom. The summed E-state index contributed by atoms with van der Waals surface area (Å²) in [6.45, 7) is 14.2. The molecule has 1 N–H and O–H groups in total. The summed E-state index contributed by atoms with van der Waals surface area (Å²) in [5.41, 5.74) is 6.11. The Morgan fingerprint density at radius 2 is 1.75 bits per heavy atom. The van der Waals surface area contributed by atoms with Crippen LogP contribution in [0.15, 0.2) is 18.2 Å². The van der Waals surface area contributed by atoms with Gasteiger partial charge in [-0.05, 0) is 37.5 Å². The quantitative estimate of drug-likeness (QED) is 0.851. The minimum Gasteiger partial charge on any atom is -0.384 e. The summed E-state index contributed by atoms with van der Waals surface area (Å²) in [5, 5.41) is 4.85. The van der Waals surface area contributed by atoms with Crippen molar-refractivity contribution in [2.75, 3.05) is 11.9 Å². The molecule has 108 valence electrons. The molecule has 20 heavy (non-hydrogen) atoms. The van der Waals surface area contributed by atoms with Gasteiger partial charge in [-0.1, -0.05) is 39.8 Å². The Labute approximate surface area is 122 Å². The maximum absolute atomic E-state index is 4.94. The number of aromatic nitrogens is 1. The van der Waals surface area contributed by atoms with E-state index in [9.17, 15) is 0 Å². The SMILES string of the molecule is CCCNc1cc(C(C)(C)C)nc2c(C)ccc(C)c12. The molecule has 2 heteroatoms. The van der Waals surface area contributed by atoms with E-state index in [0.29, 0.717) is 0 Å². The fourth-order valence-corrected chi connectivity index (χ4v) is 2.43. The zero-order valence-corrected chi connectivity index (χ0v) is 13.6. The van der Waals surface area contributed by atoms with Crippen molar-refractivity contribution >= 4 is 16.6 Å². The van der Waals surface area contributed by atoms with E-state index < -0.39 is 0 Å². The van der Waals surface area contributed by atoms with Gasteiger partial charge in [0.1, 0.15) is 0 Å². The average Bonchev–Trinajstić information content (AvgIpc) is 2.39. The lowest BCUT2D eigenvalue weighted by Gasteiger charge is -2.22. The lowest BCUT2D eigenvalue weighted by Crippen LogP contribution is -2.15. The first kappa shape index (κ1) is 14.8. The van der Waals surface area contributed by atoms with Crippen LogP contribution in [0.5, 0.6) is 0 Å². The number of nitrogens with zero attached hydrogens (tertiary/aromatic N) is 1. The standard InChI is InChI=1S/C18H26N2/c1-7-10-19-14-11-15(18(4,5)6)20-17-13(3)9-8-12(2)16(14)17/h8-9,11H,7,10H2,1-6H3,(H,19,20). The van der Waals surface area contributed by atoms with Gasteiger partial charge >= 0.3 is 0 Å². The summed E-state index contributed by atoms with van der Waals surface area (Å²) in [7, 11) is 0. The van der Waals surface area contributed by atoms with E-state index in [0.717, 1.165) is 24.2 Å². The van der Waals surface area contributed by atoms with E-state index in [-0.39, 0.29) is 5.41 Å². The zero-order chi connectivity index (χ0) is 14.9. The van der Waals surface area contributed by atoms with E-state index in [2.05, 4.69) is 65.1 Å². The van der Waals surface area contributed by atoms with E-state index >= 15 is 0 Å². The van der Waals surface area contributed by atoms with Gasteiger partial charge in [0, 0.05) is 28.7 Å². The fraction of sp³-hybridized carbons (Fsp3) is 0.500. The molecule has 1 aromatic carbocycles. The molecule has 0 amide bonds. The maximum Gasteiger partial charge on any atom is 0.0758 e. The molecule has 2 aromatic rings. The second-order valence-corrected chi connectivity index (χ2v) is 6.65. The van der Waals surface area contributed by atoms with Gasteiger partial charge in [-0.25, -0.2) is 0 Å². The lowest BCUT2D eigenvalue weighted by atomic mass is 9.90. The molecule has 2 nitrogen and oxygen atoms in total. The second-order valence-electron chi connectivity index (χ2n) is 6.65. The molecule has 0 aliphatic carbocycles. The van der Waals surface area contributed by atoms with Crippen molar-refractivity contribution < 1.29 is 0 Å². The third-order valence-electron chi connectivity index (χ3n) is 3.70. The van der Waals surface area contributed by atoms with Crippen molar-refractivity contribution in [3.05, 3.63) is 35.0 Å². The first-order chi connectivity index (χ1) is 9.34. The third kappa shape index (κ3) is 2.79. The minimum absolute atomic E-state index is 0.0625. The maximum atomic E-state index is 4.94. The van der Waals surface area contributed by atoms with Crippen LogP contribution in [0.4, 0.5) is 5.69 Å². The molecule has 0 radical (unpaired) electrons. The average molecular weight is 270 g/mol. The van der Waals surface area contributed by atoms with Crippen LogP contribution >= 0.6 is 0 Å². The number of fused-ring (bicyclic) bond motifs is 1. The molecule has 0 saturated heterocycles. The number of pyridine rings is 1. The number of nitrogens with one attached hydrogen (secondary N) is 1. The molecule has 0 atom stereocenters. The highest BCUT2D eigenvalue weighted by Crippen LogP contribution is 2.32. The number of benzene rings is 1. The molecule has 2 rings (SSSR count). The first-order valence-electron chi connectivity index (χ1n) is 7.50. The van der Waals surface area contributed by atoms with Gasteiger partial charge in [0.25, 0.3) is 0 Å². The van der Waals surface area contributed by atoms with Gasteiger partial charge < -0.3 is 5.32 Å². The largest absolute Gasteiger partial charge is 0.384 e. The minimum atomic E-state index is 0.0625. The van der Waals surface area contributed by atoms with Gasteiger partial charge in [0.2, 0.25) is 0 Å². The third-order valence-corrected chi connectivity index (χ3v) is 3.70. The Kier molecular flexibility index (Phi) is 4.03. The van der Waals surface area contributed by atoms with Crippen LogP contribution in [0, 0.1) is 13.8 Å². The molecule has 0 bridgehead atoms. The summed E-state index contributed by atoms with van der Waals surface area (Å²) in [6.07, 6.45) is 1.12. The number of anilines is 1. The Hall–Kier alpha value is -1.57.